The van der Waals surface area contributed by atoms with Gasteiger partial charge in [-0.15, -0.1) is 0 Å². The Labute approximate surface area is 481 Å². The van der Waals surface area contributed by atoms with E-state index in [1.807, 2.05) is 6.08 Å². The molecule has 2 atom stereocenters. The highest BCUT2D eigenvalue weighted by atomic mass is 16.5. The van der Waals surface area contributed by atoms with Crippen LogP contribution in [0.5, 0.6) is 0 Å². The summed E-state index contributed by atoms with van der Waals surface area (Å²) in [6, 6.07) is -0.629. The number of hydrogen-bond acceptors (Lipinski definition) is 5. The van der Waals surface area contributed by atoms with E-state index in [2.05, 4.69) is 43.5 Å². The van der Waals surface area contributed by atoms with Gasteiger partial charge in [-0.3, -0.25) is 9.59 Å². The van der Waals surface area contributed by atoms with Crippen LogP contribution in [0.3, 0.4) is 0 Å². The molecule has 3 N–H and O–H groups in total. The number of carbonyl (C=O) groups is 2. The molecule has 0 aromatic rings. The second kappa shape index (κ2) is 66.6. The molecule has 0 aromatic carbocycles. The molecular weight excluding hydrogens is 947 g/mol. The maximum absolute atomic E-state index is 12.5. The molecule has 454 valence electrons. The van der Waals surface area contributed by atoms with Crippen LogP contribution in [-0.4, -0.2) is 47.4 Å². The number of amides is 1. The lowest BCUT2D eigenvalue weighted by Gasteiger charge is -2.20. The van der Waals surface area contributed by atoms with E-state index in [4.69, 9.17) is 4.74 Å². The van der Waals surface area contributed by atoms with Crippen LogP contribution in [-0.2, 0) is 14.3 Å². The molecule has 0 aromatic heterocycles. The van der Waals surface area contributed by atoms with Crippen molar-refractivity contribution in [1.29, 1.82) is 0 Å². The zero-order valence-electron chi connectivity index (χ0n) is 52.0. The number of carbonyl (C=O) groups excluding carboxylic acids is 2. The van der Waals surface area contributed by atoms with Crippen LogP contribution in [0.4, 0.5) is 0 Å². The van der Waals surface area contributed by atoms with Crippen molar-refractivity contribution in [3.05, 3.63) is 36.5 Å². The first kappa shape index (κ1) is 75.1. The summed E-state index contributed by atoms with van der Waals surface area (Å²) in [5.74, 6) is -0.0548. The van der Waals surface area contributed by atoms with Gasteiger partial charge in [-0.05, 0) is 83.5 Å². The van der Waals surface area contributed by atoms with Crippen molar-refractivity contribution < 1.29 is 24.5 Å². The number of esters is 1. The predicted octanol–water partition coefficient (Wildman–Crippen LogP) is 22.3. The summed E-state index contributed by atoms with van der Waals surface area (Å²) >= 11 is 0. The first-order valence-corrected chi connectivity index (χ1v) is 34.8. The second-order valence-corrected chi connectivity index (χ2v) is 23.9. The fourth-order valence-corrected chi connectivity index (χ4v) is 10.8. The van der Waals surface area contributed by atoms with E-state index >= 15 is 0 Å². The number of aliphatic hydroxyl groups excluding tert-OH is 2. The molecule has 0 aliphatic rings. The molecule has 0 spiro atoms. The monoisotopic (exact) mass is 1080 g/mol. The van der Waals surface area contributed by atoms with Crippen LogP contribution in [0.2, 0.25) is 0 Å². The van der Waals surface area contributed by atoms with E-state index in [-0.39, 0.29) is 18.5 Å². The summed E-state index contributed by atoms with van der Waals surface area (Å²) in [7, 11) is 0. The molecule has 6 heteroatoms. The standard InChI is InChI=1S/C71H135NO5/c1-3-5-7-9-11-13-15-17-19-20-33-37-41-45-49-53-57-61-65-71(76)77-66-62-58-54-50-46-42-38-34-31-29-27-25-23-21-22-24-26-28-30-32-36-40-44-48-52-56-60-64-70(75)72-68(67-73)69(74)63-59-55-51-47-43-39-35-18-16-14-12-10-8-6-4-2/h19-22,59,63,68-69,73-74H,3-18,23-58,60-62,64-67H2,1-2H3,(H,72,75)/b20-19-,22-21-,63-59+. The third-order valence-electron chi connectivity index (χ3n) is 16.1. The number of nitrogens with one attached hydrogen (secondary N) is 1. The summed E-state index contributed by atoms with van der Waals surface area (Å²) in [5.41, 5.74) is 0. The third kappa shape index (κ3) is 63.1. The number of unbranched alkanes of at least 4 members (excludes halogenated alkanes) is 50. The van der Waals surface area contributed by atoms with Crippen LogP contribution in [0.15, 0.2) is 36.5 Å². The Morgan fingerprint density at radius 2 is 0.610 bits per heavy atom. The second-order valence-electron chi connectivity index (χ2n) is 23.9. The van der Waals surface area contributed by atoms with E-state index in [0.717, 1.165) is 44.9 Å². The van der Waals surface area contributed by atoms with Gasteiger partial charge in [0.05, 0.1) is 25.4 Å². The van der Waals surface area contributed by atoms with Crippen LogP contribution in [0.25, 0.3) is 0 Å². The number of aliphatic hydroxyl groups is 2. The SMILES string of the molecule is CCCCCCCCC/C=C\CCCCCCCCCC(=O)OCCCCCCCCCCCCCC/C=C\CCCCCCCCCCCCCC(=O)NC(CO)C(O)/C=C/CCCCCCCCCCCCCCC. The highest BCUT2D eigenvalue weighted by Gasteiger charge is 2.18. The largest absolute Gasteiger partial charge is 0.466 e. The molecule has 0 saturated heterocycles. The molecule has 0 rings (SSSR count). The van der Waals surface area contributed by atoms with Crippen LogP contribution in [0.1, 0.15) is 380 Å². The van der Waals surface area contributed by atoms with Crippen LogP contribution < -0.4 is 5.32 Å². The van der Waals surface area contributed by atoms with Gasteiger partial charge in [-0.25, -0.2) is 0 Å². The summed E-state index contributed by atoms with van der Waals surface area (Å²) < 4.78 is 5.50. The zero-order valence-corrected chi connectivity index (χ0v) is 52.0. The van der Waals surface area contributed by atoms with Crippen molar-refractivity contribution in [3.63, 3.8) is 0 Å². The minimum Gasteiger partial charge on any atom is -0.466 e. The average Bonchev–Trinajstić information content (AvgIpc) is 3.43. The Morgan fingerprint density at radius 1 is 0.351 bits per heavy atom. The van der Waals surface area contributed by atoms with Gasteiger partial charge >= 0.3 is 5.97 Å². The van der Waals surface area contributed by atoms with Crippen LogP contribution in [0, 0.1) is 0 Å². The molecule has 77 heavy (non-hydrogen) atoms. The topological polar surface area (TPSA) is 95.9 Å². The van der Waals surface area contributed by atoms with E-state index in [1.54, 1.807) is 6.08 Å². The molecule has 0 saturated carbocycles. The van der Waals surface area contributed by atoms with Gasteiger partial charge in [0.2, 0.25) is 5.91 Å². The molecule has 0 aliphatic carbocycles. The lowest BCUT2D eigenvalue weighted by molar-refractivity contribution is -0.143. The molecule has 1 amide bonds. The Hall–Kier alpha value is -1.92. The minimum atomic E-state index is -0.845. The fourth-order valence-electron chi connectivity index (χ4n) is 10.8. The van der Waals surface area contributed by atoms with E-state index in [0.29, 0.717) is 19.4 Å². The predicted molar refractivity (Wildman–Crippen MR) is 338 cm³/mol. The maximum Gasteiger partial charge on any atom is 0.305 e. The van der Waals surface area contributed by atoms with Gasteiger partial charge < -0.3 is 20.3 Å². The molecule has 0 radical (unpaired) electrons. The normalized spacial score (nSPS) is 12.7. The van der Waals surface area contributed by atoms with Crippen molar-refractivity contribution in [1.82, 2.24) is 5.32 Å². The van der Waals surface area contributed by atoms with Crippen molar-refractivity contribution in [2.45, 2.75) is 392 Å². The quantitative estimate of drug-likeness (QED) is 0.0320. The third-order valence-corrected chi connectivity index (χ3v) is 16.1. The molecule has 0 fully saturated rings. The summed E-state index contributed by atoms with van der Waals surface area (Å²) in [6.07, 6.45) is 85.0. The smallest absolute Gasteiger partial charge is 0.305 e. The molecule has 0 heterocycles. The summed E-state index contributed by atoms with van der Waals surface area (Å²) in [6.45, 7) is 4.92. The molecule has 6 nitrogen and oxygen atoms in total. The van der Waals surface area contributed by atoms with Crippen molar-refractivity contribution in [2.24, 2.45) is 0 Å². The molecule has 0 aliphatic heterocycles. The number of allylic oxidation sites excluding steroid dienone is 5. The van der Waals surface area contributed by atoms with Gasteiger partial charge in [0.25, 0.3) is 0 Å². The van der Waals surface area contributed by atoms with Crippen molar-refractivity contribution in [2.75, 3.05) is 13.2 Å². The minimum absolute atomic E-state index is 0.0122. The first-order chi connectivity index (χ1) is 38.0. The van der Waals surface area contributed by atoms with Crippen molar-refractivity contribution >= 4 is 11.9 Å². The molecular formula is C71H135NO5. The van der Waals surface area contributed by atoms with Crippen molar-refractivity contribution in [3.8, 4) is 0 Å². The number of rotatable bonds is 65. The lowest BCUT2D eigenvalue weighted by Crippen LogP contribution is -2.45. The van der Waals surface area contributed by atoms with E-state index < -0.39 is 12.1 Å². The summed E-state index contributed by atoms with van der Waals surface area (Å²) in [5, 5.41) is 23.2. The van der Waals surface area contributed by atoms with Gasteiger partial charge in [-0.2, -0.15) is 0 Å². The van der Waals surface area contributed by atoms with Gasteiger partial charge in [0.15, 0.2) is 0 Å². The van der Waals surface area contributed by atoms with E-state index in [1.165, 1.54) is 308 Å². The highest BCUT2D eigenvalue weighted by molar-refractivity contribution is 5.76. The first-order valence-electron chi connectivity index (χ1n) is 34.8. The fraction of sp³-hybridized carbons (Fsp3) is 0.887. The Morgan fingerprint density at radius 3 is 0.922 bits per heavy atom. The lowest BCUT2D eigenvalue weighted by atomic mass is 10.0. The Balaban J connectivity index is 3.39. The maximum atomic E-state index is 12.5. The number of hydrogen-bond donors (Lipinski definition) is 3. The van der Waals surface area contributed by atoms with Gasteiger partial charge in [-0.1, -0.05) is 320 Å². The average molecular weight is 1080 g/mol. The Kier molecular flexibility index (Phi) is 64.9. The number of ether oxygens (including phenoxy) is 1. The van der Waals surface area contributed by atoms with Gasteiger partial charge in [0.1, 0.15) is 0 Å². The molecule has 0 bridgehead atoms. The summed E-state index contributed by atoms with van der Waals surface area (Å²) in [4.78, 5) is 24.6. The van der Waals surface area contributed by atoms with Crippen LogP contribution >= 0.6 is 0 Å². The zero-order chi connectivity index (χ0) is 55.7. The Bertz CT molecular complexity index is 1250. The van der Waals surface area contributed by atoms with E-state index in [9.17, 15) is 19.8 Å². The molecule has 2 unspecified atom stereocenters. The highest BCUT2D eigenvalue weighted by Crippen LogP contribution is 2.18. The van der Waals surface area contributed by atoms with Gasteiger partial charge in [0, 0.05) is 12.8 Å².